The molecule has 8 nitrogen and oxygen atoms in total. The average molecular weight is 346 g/mol. The Morgan fingerprint density at radius 1 is 0.958 bits per heavy atom. The number of hydrazine groups is 1. The Morgan fingerprint density at radius 2 is 1.62 bits per heavy atom. The molecule has 4 N–H and O–H groups in total. The number of nitrogens with one attached hydrogen (secondary N) is 3. The van der Waals surface area contributed by atoms with Gasteiger partial charge in [0, 0.05) is 6.20 Å². The largest absolute Gasteiger partial charge is 0.301 e. The van der Waals surface area contributed by atoms with Crippen molar-refractivity contribution in [2.75, 3.05) is 10.9 Å². The number of benzene rings is 2. The minimum Gasteiger partial charge on any atom is -0.301 e. The van der Waals surface area contributed by atoms with E-state index in [1.165, 1.54) is 35.1 Å². The predicted molar refractivity (Wildman–Crippen MR) is 89.9 cm³/mol. The molecule has 0 saturated carbocycles. The molecule has 0 aliphatic carbocycles. The zero-order chi connectivity index (χ0) is 17.2. The van der Waals surface area contributed by atoms with E-state index in [9.17, 15) is 13.2 Å². The van der Waals surface area contributed by atoms with Crippen LogP contribution in [-0.2, 0) is 10.1 Å². The van der Waals surface area contributed by atoms with Gasteiger partial charge in [-0.25, -0.2) is 4.68 Å². The van der Waals surface area contributed by atoms with E-state index in [2.05, 4.69) is 16.0 Å². The SMILES string of the molecule is O=c1c(NNc2ccccc2)c[nH]n1-c1ccc(S(=O)(=O)O)cc1. The molecule has 0 fully saturated rings. The second-order valence-electron chi connectivity index (χ2n) is 4.91. The highest BCUT2D eigenvalue weighted by Crippen LogP contribution is 2.13. The molecular formula is C15H14N4O4S. The number of nitrogens with zero attached hydrogens (tertiary/aromatic N) is 1. The molecule has 24 heavy (non-hydrogen) atoms. The third kappa shape index (κ3) is 3.31. The molecule has 9 heteroatoms. The Bertz CT molecular complexity index is 992. The lowest BCUT2D eigenvalue weighted by Gasteiger charge is -2.06. The van der Waals surface area contributed by atoms with Crippen LogP contribution in [0.2, 0.25) is 0 Å². The smallest absolute Gasteiger partial charge is 0.296 e. The molecule has 3 rings (SSSR count). The summed E-state index contributed by atoms with van der Waals surface area (Å²) >= 11 is 0. The third-order valence-corrected chi connectivity index (χ3v) is 4.15. The van der Waals surface area contributed by atoms with Gasteiger partial charge in [-0.2, -0.15) is 8.42 Å². The number of hydrogen-bond acceptors (Lipinski definition) is 5. The van der Waals surface area contributed by atoms with Crippen molar-refractivity contribution in [2.45, 2.75) is 4.90 Å². The van der Waals surface area contributed by atoms with Crippen LogP contribution in [0, 0.1) is 0 Å². The van der Waals surface area contributed by atoms with E-state index < -0.39 is 10.1 Å². The summed E-state index contributed by atoms with van der Waals surface area (Å²) in [4.78, 5) is 12.1. The van der Waals surface area contributed by atoms with Crippen LogP contribution in [0.4, 0.5) is 11.4 Å². The number of para-hydroxylation sites is 1. The minimum absolute atomic E-state index is 0.241. The van der Waals surface area contributed by atoms with Gasteiger partial charge in [0.15, 0.2) is 0 Å². The molecule has 0 saturated heterocycles. The first-order valence-corrected chi connectivity index (χ1v) is 8.34. The fourth-order valence-corrected chi connectivity index (χ4v) is 2.56. The van der Waals surface area contributed by atoms with Gasteiger partial charge in [0.25, 0.3) is 15.7 Å². The van der Waals surface area contributed by atoms with E-state index in [0.29, 0.717) is 5.69 Å². The van der Waals surface area contributed by atoms with Crippen LogP contribution in [0.5, 0.6) is 0 Å². The lowest BCUT2D eigenvalue weighted by Crippen LogP contribution is -2.20. The van der Waals surface area contributed by atoms with E-state index in [1.807, 2.05) is 30.3 Å². The fraction of sp³-hybridized carbons (Fsp3) is 0. The van der Waals surface area contributed by atoms with Crippen LogP contribution in [0.3, 0.4) is 0 Å². The number of aromatic nitrogens is 2. The summed E-state index contributed by atoms with van der Waals surface area (Å²) < 4.78 is 32.3. The Morgan fingerprint density at radius 3 is 2.25 bits per heavy atom. The molecule has 3 aromatic rings. The van der Waals surface area contributed by atoms with Gasteiger partial charge in [-0.1, -0.05) is 18.2 Å². The first-order chi connectivity index (χ1) is 11.4. The molecule has 1 aromatic heterocycles. The molecule has 0 aliphatic rings. The van der Waals surface area contributed by atoms with E-state index in [1.54, 1.807) is 0 Å². The molecule has 0 unspecified atom stereocenters. The van der Waals surface area contributed by atoms with Gasteiger partial charge >= 0.3 is 0 Å². The highest BCUT2D eigenvalue weighted by atomic mass is 32.2. The summed E-state index contributed by atoms with van der Waals surface area (Å²) in [6.07, 6.45) is 1.48. The molecule has 1 heterocycles. The van der Waals surface area contributed by atoms with Gasteiger partial charge in [-0.3, -0.25) is 19.9 Å². The Labute approximate surface area is 137 Å². The van der Waals surface area contributed by atoms with Crippen LogP contribution >= 0.6 is 0 Å². The summed E-state index contributed by atoms with van der Waals surface area (Å²) in [7, 11) is -4.27. The molecular weight excluding hydrogens is 332 g/mol. The minimum atomic E-state index is -4.27. The molecule has 0 amide bonds. The maximum atomic E-state index is 12.3. The quantitative estimate of drug-likeness (QED) is 0.414. The van der Waals surface area contributed by atoms with E-state index in [0.717, 1.165) is 5.69 Å². The van der Waals surface area contributed by atoms with Crippen molar-refractivity contribution in [1.29, 1.82) is 0 Å². The van der Waals surface area contributed by atoms with Crippen LogP contribution in [0.1, 0.15) is 0 Å². The monoisotopic (exact) mass is 346 g/mol. The van der Waals surface area contributed by atoms with Gasteiger partial charge in [-0.15, -0.1) is 0 Å². The standard InChI is InChI=1S/C15H14N4O4S/c20-15-14(18-17-11-4-2-1-3-5-11)10-16-19(15)12-6-8-13(9-7-12)24(21,22)23/h1-10,16-18H,(H,21,22,23). The summed E-state index contributed by atoms with van der Waals surface area (Å²) in [5, 5.41) is 2.77. The summed E-state index contributed by atoms with van der Waals surface area (Å²) in [5.74, 6) is 0. The zero-order valence-corrected chi connectivity index (χ0v) is 13.1. The zero-order valence-electron chi connectivity index (χ0n) is 12.3. The Kier molecular flexibility index (Phi) is 4.11. The number of anilines is 2. The average Bonchev–Trinajstić information content (AvgIpc) is 2.94. The van der Waals surface area contributed by atoms with Crippen LogP contribution in [0.25, 0.3) is 5.69 Å². The van der Waals surface area contributed by atoms with Crippen molar-refractivity contribution in [3.8, 4) is 5.69 Å². The van der Waals surface area contributed by atoms with Crippen molar-refractivity contribution >= 4 is 21.5 Å². The highest BCUT2D eigenvalue weighted by Gasteiger charge is 2.11. The molecule has 0 radical (unpaired) electrons. The summed E-state index contributed by atoms with van der Waals surface area (Å²) in [6.45, 7) is 0. The Balaban J connectivity index is 1.81. The summed E-state index contributed by atoms with van der Waals surface area (Å²) in [6, 6.07) is 14.5. The first-order valence-electron chi connectivity index (χ1n) is 6.90. The number of rotatable bonds is 5. The second-order valence-corrected chi connectivity index (χ2v) is 6.33. The van der Waals surface area contributed by atoms with Crippen molar-refractivity contribution in [1.82, 2.24) is 9.78 Å². The van der Waals surface area contributed by atoms with E-state index in [-0.39, 0.29) is 16.1 Å². The molecule has 0 atom stereocenters. The van der Waals surface area contributed by atoms with Crippen molar-refractivity contribution in [3.05, 3.63) is 71.1 Å². The van der Waals surface area contributed by atoms with Gasteiger partial charge in [-0.05, 0) is 36.4 Å². The molecule has 0 aliphatic heterocycles. The molecule has 2 aromatic carbocycles. The van der Waals surface area contributed by atoms with Crippen molar-refractivity contribution in [3.63, 3.8) is 0 Å². The lowest BCUT2D eigenvalue weighted by atomic mass is 10.3. The normalized spacial score (nSPS) is 11.2. The third-order valence-electron chi connectivity index (χ3n) is 3.28. The van der Waals surface area contributed by atoms with Gasteiger partial charge < -0.3 is 5.43 Å². The maximum Gasteiger partial charge on any atom is 0.296 e. The van der Waals surface area contributed by atoms with Crippen molar-refractivity contribution in [2.24, 2.45) is 0 Å². The number of hydrogen-bond donors (Lipinski definition) is 4. The van der Waals surface area contributed by atoms with Crippen LogP contribution < -0.4 is 16.4 Å². The van der Waals surface area contributed by atoms with Crippen molar-refractivity contribution < 1.29 is 13.0 Å². The van der Waals surface area contributed by atoms with Crippen LogP contribution in [-0.4, -0.2) is 22.8 Å². The van der Waals surface area contributed by atoms with Crippen LogP contribution in [0.15, 0.2) is 70.5 Å². The van der Waals surface area contributed by atoms with E-state index >= 15 is 0 Å². The van der Waals surface area contributed by atoms with Gasteiger partial charge in [0.05, 0.1) is 16.3 Å². The number of aromatic amines is 1. The number of H-pyrrole nitrogens is 1. The molecule has 0 bridgehead atoms. The fourth-order valence-electron chi connectivity index (χ4n) is 2.08. The highest BCUT2D eigenvalue weighted by molar-refractivity contribution is 7.85. The summed E-state index contributed by atoms with van der Waals surface area (Å²) in [5.41, 5.74) is 6.87. The second kappa shape index (κ2) is 6.22. The maximum absolute atomic E-state index is 12.3. The molecule has 124 valence electrons. The van der Waals surface area contributed by atoms with Gasteiger partial charge in [0.1, 0.15) is 5.69 Å². The lowest BCUT2D eigenvalue weighted by molar-refractivity contribution is 0.483. The molecule has 0 spiro atoms. The van der Waals surface area contributed by atoms with E-state index in [4.69, 9.17) is 4.55 Å². The Hall–Kier alpha value is -3.04. The van der Waals surface area contributed by atoms with Gasteiger partial charge in [0.2, 0.25) is 0 Å². The topological polar surface area (TPSA) is 116 Å². The predicted octanol–water partition coefficient (Wildman–Crippen LogP) is 1.85. The first kappa shape index (κ1) is 15.8.